The van der Waals surface area contributed by atoms with Gasteiger partial charge in [0.1, 0.15) is 11.8 Å². The fraction of sp³-hybridized carbons (Fsp3) is 0.350. The highest BCUT2D eigenvalue weighted by Gasteiger charge is 2.31. The van der Waals surface area contributed by atoms with Crippen LogP contribution < -0.4 is 25.6 Å². The van der Waals surface area contributed by atoms with Gasteiger partial charge in [-0.1, -0.05) is 23.8 Å². The molecule has 0 aliphatic carbocycles. The molecular weight excluding hydrogens is 346 g/mol. The molecule has 2 aliphatic heterocycles. The molecule has 2 atom stereocenters. The van der Waals surface area contributed by atoms with Crippen molar-refractivity contribution in [2.45, 2.75) is 38.9 Å². The van der Waals surface area contributed by atoms with Crippen LogP contribution in [-0.4, -0.2) is 23.8 Å². The van der Waals surface area contributed by atoms with Gasteiger partial charge in [0.25, 0.3) is 0 Å². The standard InChI is InChI=1S/C20H23N3O4/c1-11-5-12(2)19(24)14(6-11)15-8-16(23-22-15)20(25)21-9-13-3-4-17-18(7-13)27-10-26-17/h3-7,15-16,22-24H,8-10H2,1-2H3,(H,21,25). The Hall–Kier alpha value is -2.77. The van der Waals surface area contributed by atoms with Gasteiger partial charge in [-0.05, 0) is 43.5 Å². The smallest absolute Gasteiger partial charge is 0.238 e. The molecule has 2 heterocycles. The third-order valence-electron chi connectivity index (χ3n) is 4.97. The van der Waals surface area contributed by atoms with Gasteiger partial charge >= 0.3 is 0 Å². The molecule has 1 saturated heterocycles. The van der Waals surface area contributed by atoms with E-state index in [4.69, 9.17) is 9.47 Å². The van der Waals surface area contributed by atoms with Crippen molar-refractivity contribution in [3.05, 3.63) is 52.6 Å². The molecule has 4 rings (SSSR count). The number of phenols is 1. The zero-order valence-electron chi connectivity index (χ0n) is 15.3. The predicted octanol–water partition coefficient (Wildman–Crippen LogP) is 1.96. The molecule has 7 nitrogen and oxygen atoms in total. The van der Waals surface area contributed by atoms with E-state index < -0.39 is 0 Å². The van der Waals surface area contributed by atoms with E-state index in [-0.39, 0.29) is 30.5 Å². The average molecular weight is 369 g/mol. The lowest BCUT2D eigenvalue weighted by molar-refractivity contribution is -0.123. The number of carbonyl (C=O) groups excluding carboxylic acids is 1. The van der Waals surface area contributed by atoms with Gasteiger partial charge in [-0.3, -0.25) is 4.79 Å². The number of amides is 1. The van der Waals surface area contributed by atoms with Crippen molar-refractivity contribution >= 4 is 5.91 Å². The van der Waals surface area contributed by atoms with E-state index in [9.17, 15) is 9.90 Å². The quantitative estimate of drug-likeness (QED) is 0.659. The molecule has 7 heteroatoms. The van der Waals surface area contributed by atoms with Crippen LogP contribution in [0.1, 0.15) is 34.7 Å². The first-order valence-corrected chi connectivity index (χ1v) is 8.98. The number of aryl methyl sites for hydroxylation is 2. The second-order valence-electron chi connectivity index (χ2n) is 7.05. The van der Waals surface area contributed by atoms with Crippen LogP contribution in [0.15, 0.2) is 30.3 Å². The number of nitrogens with one attached hydrogen (secondary N) is 3. The van der Waals surface area contributed by atoms with Crippen LogP contribution in [0.3, 0.4) is 0 Å². The number of fused-ring (bicyclic) bond motifs is 1. The number of benzene rings is 2. The van der Waals surface area contributed by atoms with Crippen molar-refractivity contribution in [2.24, 2.45) is 0 Å². The minimum absolute atomic E-state index is 0.0912. The molecule has 1 fully saturated rings. The summed E-state index contributed by atoms with van der Waals surface area (Å²) in [5, 5.41) is 13.3. The van der Waals surface area contributed by atoms with Gasteiger partial charge < -0.3 is 19.9 Å². The van der Waals surface area contributed by atoms with E-state index >= 15 is 0 Å². The number of phenolic OH excluding ortho intramolecular Hbond substituents is 1. The zero-order chi connectivity index (χ0) is 19.0. The van der Waals surface area contributed by atoms with Crippen LogP contribution in [0.4, 0.5) is 0 Å². The number of hydrogen-bond donors (Lipinski definition) is 4. The summed E-state index contributed by atoms with van der Waals surface area (Å²) in [6.07, 6.45) is 0.559. The van der Waals surface area contributed by atoms with Gasteiger partial charge in [0.15, 0.2) is 11.5 Å². The second-order valence-corrected chi connectivity index (χ2v) is 7.05. The van der Waals surface area contributed by atoms with Gasteiger partial charge in [0.05, 0.1) is 6.04 Å². The summed E-state index contributed by atoms with van der Waals surface area (Å²) in [5.41, 5.74) is 9.83. The Balaban J connectivity index is 1.37. The zero-order valence-corrected chi connectivity index (χ0v) is 15.3. The van der Waals surface area contributed by atoms with Gasteiger partial charge in [-0.2, -0.15) is 0 Å². The Morgan fingerprint density at radius 1 is 1.19 bits per heavy atom. The molecule has 0 spiro atoms. The molecule has 0 bridgehead atoms. The fourth-order valence-electron chi connectivity index (χ4n) is 3.55. The maximum absolute atomic E-state index is 12.5. The first-order chi connectivity index (χ1) is 13.0. The molecule has 27 heavy (non-hydrogen) atoms. The number of ether oxygens (including phenoxy) is 2. The molecule has 1 amide bonds. The lowest BCUT2D eigenvalue weighted by atomic mass is 9.96. The van der Waals surface area contributed by atoms with Crippen molar-refractivity contribution in [2.75, 3.05) is 6.79 Å². The second kappa shape index (κ2) is 7.09. The number of rotatable bonds is 4. The Bertz CT molecular complexity index is 884. The molecule has 2 aromatic carbocycles. The molecule has 0 aromatic heterocycles. The highest BCUT2D eigenvalue weighted by molar-refractivity contribution is 5.82. The van der Waals surface area contributed by atoms with Gasteiger partial charge in [-0.25, -0.2) is 10.9 Å². The minimum atomic E-state index is -0.371. The number of hydrazine groups is 1. The Labute approximate surface area is 157 Å². The van der Waals surface area contributed by atoms with Gasteiger partial charge in [0, 0.05) is 12.1 Å². The maximum Gasteiger partial charge on any atom is 0.238 e. The van der Waals surface area contributed by atoms with Crippen LogP contribution in [0.25, 0.3) is 0 Å². The molecule has 142 valence electrons. The van der Waals surface area contributed by atoms with Crippen LogP contribution in [-0.2, 0) is 11.3 Å². The summed E-state index contributed by atoms with van der Waals surface area (Å²) in [6, 6.07) is 9.03. The monoisotopic (exact) mass is 369 g/mol. The van der Waals surface area contributed by atoms with Crippen molar-refractivity contribution < 1.29 is 19.4 Å². The number of hydrogen-bond acceptors (Lipinski definition) is 6. The van der Waals surface area contributed by atoms with Crippen LogP contribution in [0.5, 0.6) is 17.2 Å². The minimum Gasteiger partial charge on any atom is -0.507 e. The number of carbonyl (C=O) groups is 1. The summed E-state index contributed by atoms with van der Waals surface area (Å²) in [4.78, 5) is 12.5. The van der Waals surface area contributed by atoms with E-state index in [1.165, 1.54) is 0 Å². The van der Waals surface area contributed by atoms with Gasteiger partial charge in [-0.15, -0.1) is 0 Å². The molecule has 0 radical (unpaired) electrons. The van der Waals surface area contributed by atoms with E-state index in [2.05, 4.69) is 16.2 Å². The van der Waals surface area contributed by atoms with Crippen molar-refractivity contribution in [1.29, 1.82) is 0 Å². The Kier molecular flexibility index (Phi) is 4.63. The molecule has 2 aromatic rings. The van der Waals surface area contributed by atoms with Crippen molar-refractivity contribution in [1.82, 2.24) is 16.2 Å². The largest absolute Gasteiger partial charge is 0.507 e. The van der Waals surface area contributed by atoms with Crippen molar-refractivity contribution in [3.8, 4) is 17.2 Å². The molecule has 2 unspecified atom stereocenters. The number of aromatic hydroxyl groups is 1. The van der Waals surface area contributed by atoms with Crippen molar-refractivity contribution in [3.63, 3.8) is 0 Å². The SMILES string of the molecule is Cc1cc(C)c(O)c(C2CC(C(=O)NCc3ccc4c(c3)OCO4)NN2)c1. The Morgan fingerprint density at radius 3 is 2.85 bits per heavy atom. The highest BCUT2D eigenvalue weighted by atomic mass is 16.7. The van der Waals surface area contributed by atoms with E-state index in [1.54, 1.807) is 0 Å². The molecular formula is C20H23N3O4. The predicted molar refractivity (Wildman–Crippen MR) is 99.4 cm³/mol. The summed E-state index contributed by atoms with van der Waals surface area (Å²) in [5.74, 6) is 1.61. The maximum atomic E-state index is 12.5. The summed E-state index contributed by atoms with van der Waals surface area (Å²) in [6.45, 7) is 4.51. The highest BCUT2D eigenvalue weighted by Crippen LogP contribution is 2.34. The molecule has 4 N–H and O–H groups in total. The summed E-state index contributed by atoms with van der Waals surface area (Å²) in [7, 11) is 0. The first-order valence-electron chi connectivity index (χ1n) is 8.98. The van der Waals surface area contributed by atoms with Crippen LogP contribution >= 0.6 is 0 Å². The fourth-order valence-corrected chi connectivity index (χ4v) is 3.55. The third kappa shape index (κ3) is 3.56. The van der Waals surface area contributed by atoms with Crippen LogP contribution in [0, 0.1) is 13.8 Å². The van der Waals surface area contributed by atoms with E-state index in [1.807, 2.05) is 44.2 Å². The topological polar surface area (TPSA) is 91.9 Å². The normalized spacial score (nSPS) is 20.7. The average Bonchev–Trinajstić information content (AvgIpc) is 3.31. The summed E-state index contributed by atoms with van der Waals surface area (Å²) < 4.78 is 10.7. The molecule has 2 aliphatic rings. The molecule has 0 saturated carbocycles. The lowest BCUT2D eigenvalue weighted by Gasteiger charge is -2.14. The first kappa shape index (κ1) is 17.6. The third-order valence-corrected chi connectivity index (χ3v) is 4.97. The van der Waals surface area contributed by atoms with Gasteiger partial charge in [0.2, 0.25) is 12.7 Å². The Morgan fingerprint density at radius 2 is 2.00 bits per heavy atom. The van der Waals surface area contributed by atoms with E-state index in [0.717, 1.165) is 28.0 Å². The lowest BCUT2D eigenvalue weighted by Crippen LogP contribution is -2.42. The van der Waals surface area contributed by atoms with E-state index in [0.29, 0.717) is 18.7 Å². The van der Waals surface area contributed by atoms with Crippen LogP contribution in [0.2, 0.25) is 0 Å². The summed E-state index contributed by atoms with van der Waals surface area (Å²) >= 11 is 0.